The molecule has 0 bridgehead atoms. The number of carbonyl (C=O) groups excluding carboxylic acids is 2. The molecule has 0 aliphatic rings. The highest BCUT2D eigenvalue weighted by atomic mass is 16.2. The highest BCUT2D eigenvalue weighted by molar-refractivity contribution is 5.95. The Morgan fingerprint density at radius 1 is 1.06 bits per heavy atom. The molecule has 18 heavy (non-hydrogen) atoms. The highest BCUT2D eigenvalue weighted by Gasteiger charge is 2.20. The first-order valence-corrected chi connectivity index (χ1v) is 5.74. The molecule has 1 aromatic carbocycles. The third-order valence-electron chi connectivity index (χ3n) is 2.29. The number of hydrogen-bond acceptors (Lipinski definition) is 3. The van der Waals surface area contributed by atoms with Crippen molar-refractivity contribution in [1.82, 2.24) is 0 Å². The second kappa shape index (κ2) is 5.64. The van der Waals surface area contributed by atoms with E-state index in [2.05, 4.69) is 10.6 Å². The molecule has 1 aromatic rings. The van der Waals surface area contributed by atoms with Gasteiger partial charge in [0.2, 0.25) is 11.8 Å². The van der Waals surface area contributed by atoms with E-state index in [-0.39, 0.29) is 18.4 Å². The van der Waals surface area contributed by atoms with E-state index in [0.29, 0.717) is 11.4 Å². The van der Waals surface area contributed by atoms with Crippen molar-refractivity contribution in [3.8, 4) is 0 Å². The second-order valence-corrected chi connectivity index (χ2v) is 5.03. The summed E-state index contributed by atoms with van der Waals surface area (Å²) in [5, 5.41) is 5.43. The van der Waals surface area contributed by atoms with Gasteiger partial charge in [0.15, 0.2) is 0 Å². The fraction of sp³-hybridized carbons (Fsp3) is 0.385. The first kappa shape index (κ1) is 14.2. The number of nitrogens with two attached hydrogens (primary N) is 1. The molecule has 0 aliphatic heterocycles. The number of benzene rings is 1. The number of carbonyl (C=O) groups is 2. The fourth-order valence-corrected chi connectivity index (χ4v) is 1.17. The molecule has 0 saturated carbocycles. The topological polar surface area (TPSA) is 84.2 Å². The normalized spacial score (nSPS) is 10.9. The van der Waals surface area contributed by atoms with Crippen LogP contribution in [0, 0.1) is 5.41 Å². The van der Waals surface area contributed by atoms with Crippen molar-refractivity contribution in [2.45, 2.75) is 20.8 Å². The maximum atomic E-state index is 11.7. The standard InChI is InChI=1S/C13H19N3O2/c1-13(2,3)12(18)16-10-6-4-9(5-7-10)15-11(17)8-14/h4-7H,8,14H2,1-3H3,(H,15,17)(H,16,18). The lowest BCUT2D eigenvalue weighted by Crippen LogP contribution is -2.27. The summed E-state index contributed by atoms with van der Waals surface area (Å²) >= 11 is 0. The molecular formula is C13H19N3O2. The minimum Gasteiger partial charge on any atom is -0.326 e. The Morgan fingerprint density at radius 2 is 1.50 bits per heavy atom. The quantitative estimate of drug-likeness (QED) is 0.760. The van der Waals surface area contributed by atoms with E-state index < -0.39 is 5.41 Å². The lowest BCUT2D eigenvalue weighted by Gasteiger charge is -2.17. The average Bonchev–Trinajstić information content (AvgIpc) is 2.30. The van der Waals surface area contributed by atoms with Crippen LogP contribution < -0.4 is 16.4 Å². The molecule has 4 N–H and O–H groups in total. The zero-order valence-electron chi connectivity index (χ0n) is 10.9. The predicted octanol–water partition coefficient (Wildman–Crippen LogP) is 1.57. The highest BCUT2D eigenvalue weighted by Crippen LogP contribution is 2.18. The van der Waals surface area contributed by atoms with Gasteiger partial charge in [-0.25, -0.2) is 0 Å². The summed E-state index contributed by atoms with van der Waals surface area (Å²) in [7, 11) is 0. The minimum absolute atomic E-state index is 0.0531. The zero-order valence-corrected chi connectivity index (χ0v) is 10.9. The number of anilines is 2. The van der Waals surface area contributed by atoms with Gasteiger partial charge in [-0.05, 0) is 24.3 Å². The third kappa shape index (κ3) is 4.18. The van der Waals surface area contributed by atoms with Crippen molar-refractivity contribution in [3.05, 3.63) is 24.3 Å². The first-order valence-electron chi connectivity index (χ1n) is 5.74. The molecule has 0 unspecified atom stereocenters. The molecule has 0 atom stereocenters. The van der Waals surface area contributed by atoms with E-state index in [1.165, 1.54) is 0 Å². The largest absolute Gasteiger partial charge is 0.326 e. The van der Waals surface area contributed by atoms with Crippen LogP contribution in [0.2, 0.25) is 0 Å². The summed E-state index contributed by atoms with van der Waals surface area (Å²) in [5.74, 6) is -0.303. The molecule has 0 heterocycles. The summed E-state index contributed by atoms with van der Waals surface area (Å²) in [6, 6.07) is 6.89. The Balaban J connectivity index is 2.66. The van der Waals surface area contributed by atoms with Crippen LogP contribution in [0.25, 0.3) is 0 Å². The molecule has 98 valence electrons. The summed E-state index contributed by atoms with van der Waals surface area (Å²) in [6.45, 7) is 5.48. The molecule has 0 saturated heterocycles. The van der Waals surface area contributed by atoms with Crippen LogP contribution in [0.5, 0.6) is 0 Å². The Morgan fingerprint density at radius 3 is 1.89 bits per heavy atom. The van der Waals surface area contributed by atoms with Crippen LogP contribution in [0.3, 0.4) is 0 Å². The van der Waals surface area contributed by atoms with Crippen molar-refractivity contribution in [2.75, 3.05) is 17.2 Å². The van der Waals surface area contributed by atoms with Gasteiger partial charge in [-0.1, -0.05) is 20.8 Å². The fourth-order valence-electron chi connectivity index (χ4n) is 1.17. The predicted molar refractivity (Wildman–Crippen MR) is 72.2 cm³/mol. The minimum atomic E-state index is -0.438. The van der Waals surface area contributed by atoms with Crippen LogP contribution in [-0.2, 0) is 9.59 Å². The Hall–Kier alpha value is -1.88. The smallest absolute Gasteiger partial charge is 0.238 e. The van der Waals surface area contributed by atoms with Gasteiger partial charge in [-0.3, -0.25) is 9.59 Å². The molecule has 0 spiro atoms. The van der Waals surface area contributed by atoms with E-state index in [4.69, 9.17) is 5.73 Å². The van der Waals surface area contributed by atoms with E-state index >= 15 is 0 Å². The van der Waals surface area contributed by atoms with Gasteiger partial charge in [0.25, 0.3) is 0 Å². The van der Waals surface area contributed by atoms with Gasteiger partial charge in [0, 0.05) is 16.8 Å². The summed E-state index contributed by atoms with van der Waals surface area (Å²) < 4.78 is 0. The Bertz CT molecular complexity index is 433. The molecule has 2 amide bonds. The molecule has 0 fully saturated rings. The van der Waals surface area contributed by atoms with Crippen LogP contribution in [0.1, 0.15) is 20.8 Å². The average molecular weight is 249 g/mol. The van der Waals surface area contributed by atoms with Crippen LogP contribution >= 0.6 is 0 Å². The van der Waals surface area contributed by atoms with Crippen molar-refractivity contribution in [2.24, 2.45) is 11.1 Å². The molecule has 5 nitrogen and oxygen atoms in total. The molecule has 1 rings (SSSR count). The van der Waals surface area contributed by atoms with Crippen LogP contribution in [0.15, 0.2) is 24.3 Å². The van der Waals surface area contributed by atoms with E-state index in [1.54, 1.807) is 24.3 Å². The van der Waals surface area contributed by atoms with Gasteiger partial charge in [-0.2, -0.15) is 0 Å². The molecule has 0 aliphatic carbocycles. The third-order valence-corrected chi connectivity index (χ3v) is 2.29. The van der Waals surface area contributed by atoms with E-state index in [9.17, 15) is 9.59 Å². The van der Waals surface area contributed by atoms with E-state index in [1.807, 2.05) is 20.8 Å². The Labute approximate surface area is 107 Å². The lowest BCUT2D eigenvalue weighted by atomic mass is 9.95. The second-order valence-electron chi connectivity index (χ2n) is 5.03. The number of hydrogen-bond donors (Lipinski definition) is 3. The number of rotatable bonds is 3. The number of nitrogens with one attached hydrogen (secondary N) is 2. The Kier molecular flexibility index (Phi) is 4.44. The van der Waals surface area contributed by atoms with Gasteiger partial charge < -0.3 is 16.4 Å². The lowest BCUT2D eigenvalue weighted by molar-refractivity contribution is -0.123. The molecular weight excluding hydrogens is 230 g/mol. The van der Waals surface area contributed by atoms with Gasteiger partial charge in [0.05, 0.1) is 6.54 Å². The molecule has 0 radical (unpaired) electrons. The first-order chi connectivity index (χ1) is 8.32. The van der Waals surface area contributed by atoms with Crippen molar-refractivity contribution >= 4 is 23.2 Å². The van der Waals surface area contributed by atoms with Crippen LogP contribution in [-0.4, -0.2) is 18.4 Å². The van der Waals surface area contributed by atoms with Crippen LogP contribution in [0.4, 0.5) is 11.4 Å². The maximum absolute atomic E-state index is 11.7. The van der Waals surface area contributed by atoms with Crippen molar-refractivity contribution < 1.29 is 9.59 Å². The summed E-state index contributed by atoms with van der Waals surface area (Å²) in [5.41, 5.74) is 6.10. The van der Waals surface area contributed by atoms with Gasteiger partial charge in [-0.15, -0.1) is 0 Å². The summed E-state index contributed by atoms with van der Waals surface area (Å²) in [6.07, 6.45) is 0. The monoisotopic (exact) mass is 249 g/mol. The molecule has 5 heteroatoms. The van der Waals surface area contributed by atoms with Gasteiger partial charge in [0.1, 0.15) is 0 Å². The van der Waals surface area contributed by atoms with E-state index in [0.717, 1.165) is 0 Å². The molecule has 0 aromatic heterocycles. The van der Waals surface area contributed by atoms with Crippen molar-refractivity contribution in [3.63, 3.8) is 0 Å². The number of amides is 2. The van der Waals surface area contributed by atoms with Crippen molar-refractivity contribution in [1.29, 1.82) is 0 Å². The zero-order chi connectivity index (χ0) is 13.8. The summed E-state index contributed by atoms with van der Waals surface area (Å²) in [4.78, 5) is 22.8. The SMILES string of the molecule is CC(C)(C)C(=O)Nc1ccc(NC(=O)CN)cc1. The van der Waals surface area contributed by atoms with Gasteiger partial charge >= 0.3 is 0 Å². The maximum Gasteiger partial charge on any atom is 0.238 e.